The second kappa shape index (κ2) is 7.36. The molecule has 0 unspecified atom stereocenters. The molecule has 3 rings (SSSR count). The Kier molecular flexibility index (Phi) is 5.38. The second-order valence-electron chi connectivity index (χ2n) is 7.46. The molecule has 0 radical (unpaired) electrons. The summed E-state index contributed by atoms with van der Waals surface area (Å²) in [6.45, 7) is 10.7. The number of rotatable bonds is 3. The van der Waals surface area contributed by atoms with Crippen molar-refractivity contribution in [2.75, 3.05) is 5.75 Å². The van der Waals surface area contributed by atoms with Gasteiger partial charge in [0.2, 0.25) is 5.91 Å². The topological polar surface area (TPSA) is 33.2 Å². The highest BCUT2D eigenvalue weighted by molar-refractivity contribution is 7.99. The third kappa shape index (κ3) is 3.84. The van der Waals surface area contributed by atoms with Crippen LogP contribution in [0.4, 0.5) is 0 Å². The smallest absolute Gasteiger partial charge is 0.233 e. The summed E-state index contributed by atoms with van der Waals surface area (Å²) >= 11 is 1.58. The van der Waals surface area contributed by atoms with E-state index < -0.39 is 0 Å². The van der Waals surface area contributed by atoms with E-state index in [4.69, 9.17) is 4.98 Å². The number of nitrogens with zero attached hydrogens (tertiary/aromatic N) is 2. The Morgan fingerprint density at radius 1 is 1.08 bits per heavy atom. The Labute approximate surface area is 155 Å². The summed E-state index contributed by atoms with van der Waals surface area (Å²) in [6, 6.07) is 7.24. The van der Waals surface area contributed by atoms with Crippen LogP contribution in [0.5, 0.6) is 0 Å². The van der Waals surface area contributed by atoms with Gasteiger partial charge < -0.3 is 4.90 Å². The SMILES string of the molecule is Cc1cc2cc(C)c(SCC(=O)N3[C@H](C)CCC[C@@H]3C)nc2cc1C. The molecule has 1 aromatic heterocycles. The predicted octanol–water partition coefficient (Wildman–Crippen LogP) is 5.04. The number of carbonyl (C=O) groups excluding carboxylic acids is 1. The maximum absolute atomic E-state index is 12.7. The molecule has 0 saturated carbocycles. The average molecular weight is 357 g/mol. The molecule has 0 bridgehead atoms. The zero-order valence-electron chi connectivity index (χ0n) is 15.9. The van der Waals surface area contributed by atoms with Gasteiger partial charge in [-0.2, -0.15) is 0 Å². The number of fused-ring (bicyclic) bond motifs is 1. The first-order chi connectivity index (χ1) is 11.9. The van der Waals surface area contributed by atoms with Gasteiger partial charge in [0, 0.05) is 17.5 Å². The van der Waals surface area contributed by atoms with Crippen molar-refractivity contribution in [2.45, 2.75) is 71.0 Å². The highest BCUT2D eigenvalue weighted by Crippen LogP contribution is 2.28. The number of pyridine rings is 1. The molecular weight excluding hydrogens is 328 g/mol. The zero-order valence-corrected chi connectivity index (χ0v) is 16.7. The van der Waals surface area contributed by atoms with Gasteiger partial charge in [0.05, 0.1) is 11.3 Å². The monoisotopic (exact) mass is 356 g/mol. The van der Waals surface area contributed by atoms with Crippen LogP contribution in [0.2, 0.25) is 0 Å². The molecule has 1 aromatic carbocycles. The fourth-order valence-electron chi connectivity index (χ4n) is 3.79. The number of thioether (sulfide) groups is 1. The first kappa shape index (κ1) is 18.2. The van der Waals surface area contributed by atoms with Crippen molar-refractivity contribution >= 4 is 28.6 Å². The molecule has 1 aliphatic heterocycles. The molecule has 134 valence electrons. The van der Waals surface area contributed by atoms with Gasteiger partial charge >= 0.3 is 0 Å². The highest BCUT2D eigenvalue weighted by Gasteiger charge is 2.28. The number of carbonyl (C=O) groups is 1. The van der Waals surface area contributed by atoms with Crippen LogP contribution in [-0.4, -0.2) is 33.6 Å². The number of benzene rings is 1. The summed E-state index contributed by atoms with van der Waals surface area (Å²) in [7, 11) is 0. The summed E-state index contributed by atoms with van der Waals surface area (Å²) in [4.78, 5) is 19.7. The maximum Gasteiger partial charge on any atom is 0.233 e. The third-order valence-electron chi connectivity index (χ3n) is 5.39. The Morgan fingerprint density at radius 3 is 2.36 bits per heavy atom. The molecule has 2 aromatic rings. The van der Waals surface area contributed by atoms with Gasteiger partial charge in [0.1, 0.15) is 5.03 Å². The molecule has 0 spiro atoms. The second-order valence-corrected chi connectivity index (χ2v) is 8.42. The minimum atomic E-state index is 0.242. The van der Waals surface area contributed by atoms with Crippen molar-refractivity contribution in [1.82, 2.24) is 9.88 Å². The average Bonchev–Trinajstić information content (AvgIpc) is 2.54. The van der Waals surface area contributed by atoms with Crippen LogP contribution in [0.15, 0.2) is 23.2 Å². The van der Waals surface area contributed by atoms with E-state index in [1.807, 2.05) is 0 Å². The normalized spacial score (nSPS) is 20.9. The van der Waals surface area contributed by atoms with Crippen molar-refractivity contribution < 1.29 is 4.79 Å². The lowest BCUT2D eigenvalue weighted by Crippen LogP contribution is -2.48. The quantitative estimate of drug-likeness (QED) is 0.722. The van der Waals surface area contributed by atoms with Crippen LogP contribution >= 0.6 is 11.8 Å². The van der Waals surface area contributed by atoms with E-state index in [0.29, 0.717) is 17.8 Å². The first-order valence-corrected chi connectivity index (χ1v) is 10.2. The largest absolute Gasteiger partial charge is 0.337 e. The van der Waals surface area contributed by atoms with Gasteiger partial charge in [0.15, 0.2) is 0 Å². The molecule has 0 N–H and O–H groups in total. The van der Waals surface area contributed by atoms with Crippen LogP contribution < -0.4 is 0 Å². The third-order valence-corrected chi connectivity index (χ3v) is 6.47. The van der Waals surface area contributed by atoms with Crippen LogP contribution in [-0.2, 0) is 4.79 Å². The number of amides is 1. The lowest BCUT2D eigenvalue weighted by atomic mass is 9.98. The summed E-state index contributed by atoms with van der Waals surface area (Å²) in [5, 5.41) is 2.15. The number of piperidine rings is 1. The van der Waals surface area contributed by atoms with E-state index in [2.05, 4.69) is 57.7 Å². The first-order valence-electron chi connectivity index (χ1n) is 9.19. The number of aryl methyl sites for hydroxylation is 3. The number of aromatic nitrogens is 1. The lowest BCUT2D eigenvalue weighted by molar-refractivity contribution is -0.134. The zero-order chi connectivity index (χ0) is 18.1. The van der Waals surface area contributed by atoms with E-state index in [0.717, 1.165) is 28.9 Å². The number of likely N-dealkylation sites (tertiary alicyclic amines) is 1. The molecule has 3 nitrogen and oxygen atoms in total. The summed E-state index contributed by atoms with van der Waals surface area (Å²) in [6.07, 6.45) is 3.46. The van der Waals surface area contributed by atoms with Gasteiger partial charge in [-0.3, -0.25) is 4.79 Å². The van der Waals surface area contributed by atoms with Gasteiger partial charge in [-0.05, 0) is 88.8 Å². The van der Waals surface area contributed by atoms with E-state index in [-0.39, 0.29) is 5.91 Å². The van der Waals surface area contributed by atoms with E-state index in [1.54, 1.807) is 11.8 Å². The highest BCUT2D eigenvalue weighted by atomic mass is 32.2. The van der Waals surface area contributed by atoms with Crippen LogP contribution in [0.3, 0.4) is 0 Å². The number of hydrogen-bond acceptors (Lipinski definition) is 3. The number of hydrogen-bond donors (Lipinski definition) is 0. The minimum absolute atomic E-state index is 0.242. The van der Waals surface area contributed by atoms with Crippen molar-refractivity contribution in [3.8, 4) is 0 Å². The summed E-state index contributed by atoms with van der Waals surface area (Å²) in [5.74, 6) is 0.713. The maximum atomic E-state index is 12.7. The van der Waals surface area contributed by atoms with Crippen LogP contribution in [0.1, 0.15) is 49.8 Å². The molecule has 1 fully saturated rings. The summed E-state index contributed by atoms with van der Waals surface area (Å²) in [5.41, 5.74) is 4.71. The van der Waals surface area contributed by atoms with Gasteiger partial charge in [-0.25, -0.2) is 4.98 Å². The van der Waals surface area contributed by atoms with Crippen molar-refractivity contribution in [3.63, 3.8) is 0 Å². The fourth-order valence-corrected chi connectivity index (χ4v) is 4.65. The molecule has 4 heteroatoms. The van der Waals surface area contributed by atoms with E-state index in [9.17, 15) is 4.79 Å². The molecule has 1 saturated heterocycles. The molecule has 2 atom stereocenters. The molecule has 1 amide bonds. The Morgan fingerprint density at radius 2 is 1.68 bits per heavy atom. The lowest BCUT2D eigenvalue weighted by Gasteiger charge is -2.39. The van der Waals surface area contributed by atoms with E-state index in [1.165, 1.54) is 22.9 Å². The summed E-state index contributed by atoms with van der Waals surface area (Å²) < 4.78 is 0. The molecule has 25 heavy (non-hydrogen) atoms. The van der Waals surface area contributed by atoms with Crippen molar-refractivity contribution in [1.29, 1.82) is 0 Å². The Bertz CT molecular complexity index is 792. The van der Waals surface area contributed by atoms with Gasteiger partial charge in [-0.15, -0.1) is 0 Å². The fraction of sp³-hybridized carbons (Fsp3) is 0.524. The van der Waals surface area contributed by atoms with Gasteiger partial charge in [0.25, 0.3) is 0 Å². The molecule has 1 aliphatic rings. The molecular formula is C21H28N2OS. The standard InChI is InChI=1S/C21H28N2OS/c1-13-9-18-10-15(3)21(22-19(18)11-14(13)2)25-12-20(24)23-16(4)7-6-8-17(23)5/h9-11,16-17H,6-8,12H2,1-5H3/t16-,17+. The molecule has 2 heterocycles. The Hall–Kier alpha value is -1.55. The predicted molar refractivity (Wildman–Crippen MR) is 106 cm³/mol. The van der Waals surface area contributed by atoms with Gasteiger partial charge in [-0.1, -0.05) is 11.8 Å². The van der Waals surface area contributed by atoms with Crippen molar-refractivity contribution in [2.24, 2.45) is 0 Å². The van der Waals surface area contributed by atoms with Crippen LogP contribution in [0, 0.1) is 20.8 Å². The van der Waals surface area contributed by atoms with Crippen LogP contribution in [0.25, 0.3) is 10.9 Å². The minimum Gasteiger partial charge on any atom is -0.337 e. The molecule has 0 aliphatic carbocycles. The van der Waals surface area contributed by atoms with E-state index >= 15 is 0 Å². The Balaban J connectivity index is 1.77. The van der Waals surface area contributed by atoms with Crippen molar-refractivity contribution in [3.05, 3.63) is 34.9 Å².